The smallest absolute Gasteiger partial charge is 0.162 e. The molecule has 3 heteroatoms. The molecular weight excluding hydrogens is 374 g/mol. The lowest BCUT2D eigenvalue weighted by Crippen LogP contribution is -2.38. The molecule has 2 aromatic carbocycles. The summed E-state index contributed by atoms with van der Waals surface area (Å²) in [7, 11) is 2.10. The summed E-state index contributed by atoms with van der Waals surface area (Å²) in [5, 5.41) is 0. The fourth-order valence-electron chi connectivity index (χ4n) is 4.30. The van der Waals surface area contributed by atoms with Crippen molar-refractivity contribution in [2.45, 2.75) is 32.6 Å². The zero-order valence-corrected chi connectivity index (χ0v) is 16.4. The van der Waals surface area contributed by atoms with E-state index in [1.807, 2.05) is 6.07 Å². The average Bonchev–Trinajstić information content (AvgIpc) is 2.55. The van der Waals surface area contributed by atoms with E-state index in [1.54, 1.807) is 0 Å². The van der Waals surface area contributed by atoms with Crippen molar-refractivity contribution < 1.29 is 4.79 Å². The number of fused-ring (bicyclic) bond motifs is 1. The van der Waals surface area contributed by atoms with Crippen LogP contribution in [-0.4, -0.2) is 12.8 Å². The van der Waals surface area contributed by atoms with Crippen LogP contribution in [0.3, 0.4) is 0 Å². The molecule has 128 valence electrons. The molecule has 1 aliphatic heterocycles. The quantitative estimate of drug-likeness (QED) is 0.619. The van der Waals surface area contributed by atoms with Crippen LogP contribution >= 0.6 is 15.9 Å². The molecule has 0 aromatic heterocycles. The van der Waals surface area contributed by atoms with Crippen LogP contribution in [-0.2, 0) is 4.79 Å². The highest BCUT2D eigenvalue weighted by Crippen LogP contribution is 2.51. The molecule has 0 saturated carbocycles. The zero-order chi connectivity index (χ0) is 17.8. The second-order valence-corrected chi connectivity index (χ2v) is 8.82. The highest BCUT2D eigenvalue weighted by atomic mass is 79.9. The lowest BCUT2D eigenvalue weighted by molar-refractivity contribution is -0.118. The summed E-state index contributed by atoms with van der Waals surface area (Å²) < 4.78 is 1.05. The Labute approximate surface area is 157 Å². The molecule has 2 aromatic rings. The molecule has 1 aliphatic carbocycles. The van der Waals surface area contributed by atoms with Crippen molar-refractivity contribution in [1.82, 2.24) is 0 Å². The topological polar surface area (TPSA) is 20.3 Å². The number of hydrogen-bond donors (Lipinski definition) is 0. The number of anilines is 1. The van der Waals surface area contributed by atoms with Crippen LogP contribution in [0.1, 0.15) is 43.7 Å². The molecule has 1 atom stereocenters. The van der Waals surface area contributed by atoms with Crippen molar-refractivity contribution >= 4 is 27.4 Å². The lowest BCUT2D eigenvalue weighted by atomic mass is 9.68. The summed E-state index contributed by atoms with van der Waals surface area (Å²) in [6.07, 6.45) is 1.55. The molecule has 0 saturated heterocycles. The lowest BCUT2D eigenvalue weighted by Gasteiger charge is -2.43. The molecule has 1 unspecified atom stereocenters. The molecular formula is C22H22BrNO. The highest BCUT2D eigenvalue weighted by Gasteiger charge is 2.42. The van der Waals surface area contributed by atoms with E-state index < -0.39 is 0 Å². The Kier molecular flexibility index (Phi) is 3.88. The van der Waals surface area contributed by atoms with Gasteiger partial charge in [-0.1, -0.05) is 60.1 Å². The molecule has 0 spiro atoms. The van der Waals surface area contributed by atoms with Gasteiger partial charge in [0.1, 0.15) is 0 Å². The summed E-state index contributed by atoms with van der Waals surface area (Å²) in [6, 6.07) is 16.8. The molecule has 4 rings (SSSR count). The summed E-state index contributed by atoms with van der Waals surface area (Å²) in [5.41, 5.74) is 5.78. The van der Waals surface area contributed by atoms with Crippen molar-refractivity contribution in [3.05, 3.63) is 75.4 Å². The van der Waals surface area contributed by atoms with Crippen LogP contribution < -0.4 is 4.90 Å². The van der Waals surface area contributed by atoms with Gasteiger partial charge in [-0.25, -0.2) is 0 Å². The van der Waals surface area contributed by atoms with E-state index in [0.29, 0.717) is 6.42 Å². The summed E-state index contributed by atoms with van der Waals surface area (Å²) in [4.78, 5) is 15.4. The van der Waals surface area contributed by atoms with Gasteiger partial charge >= 0.3 is 0 Å². The zero-order valence-electron chi connectivity index (χ0n) is 14.8. The molecule has 0 bridgehead atoms. The number of nitrogens with zero attached hydrogens (tertiary/aromatic N) is 1. The molecule has 25 heavy (non-hydrogen) atoms. The van der Waals surface area contributed by atoms with Gasteiger partial charge in [-0.2, -0.15) is 0 Å². The van der Waals surface area contributed by atoms with Crippen LogP contribution in [0.5, 0.6) is 0 Å². The van der Waals surface area contributed by atoms with Gasteiger partial charge in [0.05, 0.1) is 0 Å². The second-order valence-electron chi connectivity index (χ2n) is 7.91. The van der Waals surface area contributed by atoms with Crippen LogP contribution in [0.2, 0.25) is 0 Å². The largest absolute Gasteiger partial charge is 0.347 e. The number of carbonyl (C=O) groups excluding carboxylic acids is 1. The van der Waals surface area contributed by atoms with E-state index in [4.69, 9.17) is 0 Å². The first-order chi connectivity index (χ1) is 11.9. The van der Waals surface area contributed by atoms with Crippen LogP contribution in [0.25, 0.3) is 0 Å². The van der Waals surface area contributed by atoms with Crippen LogP contribution in [0.4, 0.5) is 5.69 Å². The number of benzene rings is 2. The number of para-hydroxylation sites is 1. The molecule has 1 heterocycles. The van der Waals surface area contributed by atoms with Gasteiger partial charge in [0.2, 0.25) is 0 Å². The molecule has 0 radical (unpaired) electrons. The fraction of sp³-hybridized carbons (Fsp3) is 0.318. The summed E-state index contributed by atoms with van der Waals surface area (Å²) in [5.74, 6) is 0.307. The van der Waals surface area contributed by atoms with Crippen molar-refractivity contribution in [1.29, 1.82) is 0 Å². The normalized spacial score (nSPS) is 21.8. The highest BCUT2D eigenvalue weighted by molar-refractivity contribution is 9.10. The van der Waals surface area contributed by atoms with Crippen molar-refractivity contribution in [3.63, 3.8) is 0 Å². The number of hydrogen-bond acceptors (Lipinski definition) is 2. The maximum atomic E-state index is 13.2. The van der Waals surface area contributed by atoms with Gasteiger partial charge in [0.15, 0.2) is 5.78 Å². The average molecular weight is 396 g/mol. The monoisotopic (exact) mass is 395 g/mol. The first-order valence-electron chi connectivity index (χ1n) is 8.72. The minimum Gasteiger partial charge on any atom is -0.347 e. The number of rotatable bonds is 1. The third kappa shape index (κ3) is 2.75. The number of allylic oxidation sites excluding steroid dienone is 2. The third-order valence-corrected chi connectivity index (χ3v) is 5.87. The fourth-order valence-corrected chi connectivity index (χ4v) is 4.72. The van der Waals surface area contributed by atoms with Gasteiger partial charge in [-0.05, 0) is 41.2 Å². The Morgan fingerprint density at radius 1 is 1.08 bits per heavy atom. The Bertz CT molecular complexity index is 896. The van der Waals surface area contributed by atoms with Gasteiger partial charge in [-0.3, -0.25) is 4.79 Å². The maximum absolute atomic E-state index is 13.2. The standard InChI is InChI=1S/C22H22BrNO/c1-22(2)12-18-21(19(25)13-22)20(14-7-6-8-15(23)11-14)16-9-4-5-10-17(16)24(18)3/h4-11,20H,12-13H2,1-3H3. The van der Waals surface area contributed by atoms with Crippen molar-refractivity contribution in [2.24, 2.45) is 5.41 Å². The number of halogens is 1. The van der Waals surface area contributed by atoms with E-state index in [1.165, 1.54) is 22.5 Å². The Hall–Kier alpha value is -1.87. The van der Waals surface area contributed by atoms with Gasteiger partial charge in [-0.15, -0.1) is 0 Å². The first kappa shape index (κ1) is 16.6. The van der Waals surface area contributed by atoms with E-state index in [0.717, 1.165) is 16.5 Å². The van der Waals surface area contributed by atoms with E-state index in [2.05, 4.69) is 84.2 Å². The number of carbonyl (C=O) groups is 1. The second kappa shape index (κ2) is 5.84. The third-order valence-electron chi connectivity index (χ3n) is 5.38. The summed E-state index contributed by atoms with van der Waals surface area (Å²) in [6.45, 7) is 4.38. The molecule has 0 amide bonds. The molecule has 0 fully saturated rings. The molecule has 2 aliphatic rings. The predicted molar refractivity (Wildman–Crippen MR) is 106 cm³/mol. The van der Waals surface area contributed by atoms with Crippen molar-refractivity contribution in [3.8, 4) is 0 Å². The maximum Gasteiger partial charge on any atom is 0.162 e. The van der Waals surface area contributed by atoms with Gasteiger partial charge in [0.25, 0.3) is 0 Å². The van der Waals surface area contributed by atoms with Crippen LogP contribution in [0, 0.1) is 5.41 Å². The minimum atomic E-state index is 0.0122. The van der Waals surface area contributed by atoms with E-state index in [-0.39, 0.29) is 17.1 Å². The number of ketones is 1. The van der Waals surface area contributed by atoms with Crippen LogP contribution in [0.15, 0.2) is 64.3 Å². The van der Waals surface area contributed by atoms with Crippen molar-refractivity contribution in [2.75, 3.05) is 11.9 Å². The van der Waals surface area contributed by atoms with Gasteiger partial charge in [0, 0.05) is 40.8 Å². The Morgan fingerprint density at radius 3 is 2.60 bits per heavy atom. The van der Waals surface area contributed by atoms with E-state index >= 15 is 0 Å². The Balaban J connectivity index is 1.98. The molecule has 2 nitrogen and oxygen atoms in total. The Morgan fingerprint density at radius 2 is 1.84 bits per heavy atom. The SMILES string of the molecule is CN1C2=C(C(=O)CC(C)(C)C2)C(c2cccc(Br)c2)c2ccccc21. The first-order valence-corrected chi connectivity index (χ1v) is 9.51. The van der Waals surface area contributed by atoms with E-state index in [9.17, 15) is 4.79 Å². The number of Topliss-reactive ketones (excluding diaryl/α,β-unsaturated/α-hetero) is 1. The minimum absolute atomic E-state index is 0.0122. The predicted octanol–water partition coefficient (Wildman–Crippen LogP) is 5.67. The van der Waals surface area contributed by atoms with Gasteiger partial charge < -0.3 is 4.90 Å². The summed E-state index contributed by atoms with van der Waals surface area (Å²) >= 11 is 3.59. The molecule has 0 N–H and O–H groups in total.